The van der Waals surface area contributed by atoms with E-state index in [0.29, 0.717) is 18.1 Å². The Morgan fingerprint density at radius 2 is 2.38 bits per heavy atom. The predicted octanol–water partition coefficient (Wildman–Crippen LogP) is 3.00. The van der Waals surface area contributed by atoms with Gasteiger partial charge in [0.1, 0.15) is 0 Å². The van der Waals surface area contributed by atoms with E-state index in [-0.39, 0.29) is 0 Å². The Hall–Kier alpha value is -0.380. The number of hydrogen-bond donors (Lipinski definition) is 1. The molecule has 3 atom stereocenters. The van der Waals surface area contributed by atoms with Crippen molar-refractivity contribution in [3.8, 4) is 0 Å². The third kappa shape index (κ3) is 2.31. The van der Waals surface area contributed by atoms with Crippen LogP contribution in [0.25, 0.3) is 0 Å². The zero-order valence-electron chi connectivity index (χ0n) is 10.3. The maximum atomic E-state index is 5.67. The summed E-state index contributed by atoms with van der Waals surface area (Å²) < 4.78 is 5.67. The Balaban J connectivity index is 2.15. The van der Waals surface area contributed by atoms with Crippen LogP contribution in [0.2, 0.25) is 0 Å². The molecule has 0 bridgehead atoms. The minimum atomic E-state index is 0.379. The van der Waals surface area contributed by atoms with Gasteiger partial charge in [-0.3, -0.25) is 0 Å². The van der Waals surface area contributed by atoms with Crippen molar-refractivity contribution in [2.45, 2.75) is 38.8 Å². The molecule has 0 saturated carbocycles. The van der Waals surface area contributed by atoms with Gasteiger partial charge in [0.25, 0.3) is 0 Å². The number of aryl methyl sites for hydroxylation is 1. The second-order valence-corrected chi connectivity index (χ2v) is 5.65. The Kier molecular flexibility index (Phi) is 4.00. The molecular weight excluding hydrogens is 218 g/mol. The van der Waals surface area contributed by atoms with Gasteiger partial charge >= 0.3 is 0 Å². The van der Waals surface area contributed by atoms with Crippen LogP contribution in [-0.2, 0) is 11.2 Å². The van der Waals surface area contributed by atoms with Crippen molar-refractivity contribution in [2.75, 3.05) is 13.7 Å². The molecule has 2 nitrogen and oxygen atoms in total. The van der Waals surface area contributed by atoms with Crippen LogP contribution in [0.1, 0.15) is 36.1 Å². The van der Waals surface area contributed by atoms with Gasteiger partial charge in [-0.2, -0.15) is 0 Å². The molecule has 1 aromatic rings. The van der Waals surface area contributed by atoms with E-state index in [1.54, 1.807) is 0 Å². The molecule has 2 heterocycles. The molecule has 0 radical (unpaired) electrons. The summed E-state index contributed by atoms with van der Waals surface area (Å²) in [7, 11) is 2.06. The lowest BCUT2D eigenvalue weighted by Crippen LogP contribution is -2.28. The Bertz CT molecular complexity index is 336. The summed E-state index contributed by atoms with van der Waals surface area (Å²) in [5, 5.41) is 3.46. The van der Waals surface area contributed by atoms with Gasteiger partial charge < -0.3 is 10.1 Å². The summed E-state index contributed by atoms with van der Waals surface area (Å²) in [6.07, 6.45) is 2.69. The third-order valence-corrected chi connectivity index (χ3v) is 4.82. The largest absolute Gasteiger partial charge is 0.378 e. The van der Waals surface area contributed by atoms with E-state index < -0.39 is 0 Å². The fraction of sp³-hybridized carbons (Fsp3) is 0.692. The quantitative estimate of drug-likeness (QED) is 0.872. The zero-order valence-corrected chi connectivity index (χ0v) is 11.1. The smallest absolute Gasteiger partial charge is 0.0594 e. The second-order valence-electron chi connectivity index (χ2n) is 4.45. The average Bonchev–Trinajstić information content (AvgIpc) is 2.90. The van der Waals surface area contributed by atoms with E-state index >= 15 is 0 Å². The molecule has 3 unspecified atom stereocenters. The molecule has 90 valence electrons. The van der Waals surface area contributed by atoms with E-state index in [4.69, 9.17) is 4.74 Å². The molecule has 1 aliphatic rings. The highest BCUT2D eigenvalue weighted by Crippen LogP contribution is 2.36. The van der Waals surface area contributed by atoms with Crippen LogP contribution < -0.4 is 5.32 Å². The maximum absolute atomic E-state index is 5.67. The molecule has 0 spiro atoms. The molecule has 1 aromatic heterocycles. The van der Waals surface area contributed by atoms with Gasteiger partial charge in [-0.1, -0.05) is 6.92 Å². The summed E-state index contributed by atoms with van der Waals surface area (Å²) in [6.45, 7) is 5.32. The molecule has 1 saturated heterocycles. The van der Waals surface area contributed by atoms with Crippen molar-refractivity contribution in [1.29, 1.82) is 0 Å². The molecule has 1 N–H and O–H groups in total. The van der Waals surface area contributed by atoms with Crippen LogP contribution in [0, 0.1) is 5.92 Å². The molecule has 1 fully saturated rings. The lowest BCUT2D eigenvalue weighted by atomic mass is 9.92. The van der Waals surface area contributed by atoms with Gasteiger partial charge in [0.15, 0.2) is 0 Å². The van der Waals surface area contributed by atoms with E-state index in [9.17, 15) is 0 Å². The lowest BCUT2D eigenvalue weighted by molar-refractivity contribution is 0.0966. The van der Waals surface area contributed by atoms with E-state index in [2.05, 4.69) is 38.3 Å². The zero-order chi connectivity index (χ0) is 11.5. The van der Waals surface area contributed by atoms with Gasteiger partial charge in [-0.25, -0.2) is 0 Å². The van der Waals surface area contributed by atoms with E-state index in [0.717, 1.165) is 13.0 Å². The van der Waals surface area contributed by atoms with Gasteiger partial charge in [0.05, 0.1) is 6.10 Å². The van der Waals surface area contributed by atoms with Crippen LogP contribution in [-0.4, -0.2) is 19.8 Å². The van der Waals surface area contributed by atoms with E-state index in [1.165, 1.54) is 16.2 Å². The monoisotopic (exact) mass is 239 g/mol. The van der Waals surface area contributed by atoms with Crippen molar-refractivity contribution in [2.24, 2.45) is 5.92 Å². The molecule has 0 aliphatic carbocycles. The fourth-order valence-corrected chi connectivity index (χ4v) is 3.64. The first-order chi connectivity index (χ1) is 7.76. The highest BCUT2D eigenvalue weighted by Gasteiger charge is 2.32. The molecule has 0 amide bonds. The third-order valence-electron chi connectivity index (χ3n) is 3.51. The number of ether oxygens (including phenoxy) is 1. The van der Waals surface area contributed by atoms with Gasteiger partial charge in [-0.05, 0) is 38.9 Å². The standard InChI is InChI=1S/C13H21NOS/c1-4-10-5-6-12(16-10)13(14-3)11-7-8-15-9(11)2/h5-6,9,11,13-14H,4,7-8H2,1-3H3. The molecule has 1 aliphatic heterocycles. The van der Waals surface area contributed by atoms with Crippen LogP contribution in [0.5, 0.6) is 0 Å². The first kappa shape index (κ1) is 12.1. The average molecular weight is 239 g/mol. The minimum absolute atomic E-state index is 0.379. The summed E-state index contributed by atoms with van der Waals surface area (Å²) in [5.74, 6) is 0.619. The Morgan fingerprint density at radius 1 is 1.56 bits per heavy atom. The molecule has 0 aromatic carbocycles. The number of nitrogens with one attached hydrogen (secondary N) is 1. The number of rotatable bonds is 4. The SMILES string of the molecule is CCc1ccc(C(NC)C2CCOC2C)s1. The maximum Gasteiger partial charge on any atom is 0.0594 e. The topological polar surface area (TPSA) is 21.3 Å². The van der Waals surface area contributed by atoms with Crippen molar-refractivity contribution < 1.29 is 4.74 Å². The second kappa shape index (κ2) is 5.30. The Morgan fingerprint density at radius 3 is 2.88 bits per heavy atom. The van der Waals surface area contributed by atoms with Crippen LogP contribution >= 0.6 is 11.3 Å². The van der Waals surface area contributed by atoms with Crippen LogP contribution in [0.4, 0.5) is 0 Å². The first-order valence-electron chi connectivity index (χ1n) is 6.13. The van der Waals surface area contributed by atoms with Gasteiger partial charge in [0.2, 0.25) is 0 Å². The van der Waals surface area contributed by atoms with Crippen LogP contribution in [0.15, 0.2) is 12.1 Å². The van der Waals surface area contributed by atoms with Crippen molar-refractivity contribution >= 4 is 11.3 Å². The normalized spacial score (nSPS) is 27.2. The summed E-state index contributed by atoms with van der Waals surface area (Å²) in [4.78, 5) is 2.93. The fourth-order valence-electron chi connectivity index (χ4n) is 2.51. The highest BCUT2D eigenvalue weighted by atomic mass is 32.1. The van der Waals surface area contributed by atoms with Crippen molar-refractivity contribution in [3.05, 3.63) is 21.9 Å². The summed E-state index contributed by atoms with van der Waals surface area (Å²) in [5.41, 5.74) is 0. The highest BCUT2D eigenvalue weighted by molar-refractivity contribution is 7.12. The van der Waals surface area contributed by atoms with Crippen molar-refractivity contribution in [1.82, 2.24) is 5.32 Å². The number of hydrogen-bond acceptors (Lipinski definition) is 3. The predicted molar refractivity (Wildman–Crippen MR) is 69.0 cm³/mol. The summed E-state index contributed by atoms with van der Waals surface area (Å²) >= 11 is 1.94. The van der Waals surface area contributed by atoms with Gasteiger partial charge in [-0.15, -0.1) is 11.3 Å². The van der Waals surface area contributed by atoms with E-state index in [1.807, 2.05) is 11.3 Å². The minimum Gasteiger partial charge on any atom is -0.378 e. The molecule has 2 rings (SSSR count). The van der Waals surface area contributed by atoms with Gasteiger partial charge in [0, 0.05) is 28.3 Å². The molecular formula is C13H21NOS. The number of thiophene rings is 1. The Labute approximate surface area is 102 Å². The van der Waals surface area contributed by atoms with Crippen LogP contribution in [0.3, 0.4) is 0 Å². The molecule has 3 heteroatoms. The first-order valence-corrected chi connectivity index (χ1v) is 6.95. The lowest BCUT2D eigenvalue weighted by Gasteiger charge is -2.24. The summed E-state index contributed by atoms with van der Waals surface area (Å²) in [6, 6.07) is 4.99. The molecule has 16 heavy (non-hydrogen) atoms. The van der Waals surface area contributed by atoms with Crippen molar-refractivity contribution in [3.63, 3.8) is 0 Å².